The molecule has 0 saturated heterocycles. The molecule has 0 spiro atoms. The van der Waals surface area contributed by atoms with E-state index in [2.05, 4.69) is 20.9 Å². The number of esters is 1. The Balaban J connectivity index is 1.63. The molecule has 0 bridgehead atoms. The van der Waals surface area contributed by atoms with Crippen molar-refractivity contribution in [3.8, 4) is 11.5 Å². The van der Waals surface area contributed by atoms with Crippen LogP contribution in [0.25, 0.3) is 6.08 Å². The van der Waals surface area contributed by atoms with Crippen LogP contribution < -0.4 is 24.4 Å². The summed E-state index contributed by atoms with van der Waals surface area (Å²) in [4.78, 5) is 32.6. The lowest BCUT2D eigenvalue weighted by Crippen LogP contribution is -2.40. The van der Waals surface area contributed by atoms with Crippen LogP contribution in [0.3, 0.4) is 0 Å². The zero-order valence-electron chi connectivity index (χ0n) is 23.4. The topological polar surface area (TPSA) is 79.1 Å². The summed E-state index contributed by atoms with van der Waals surface area (Å²) in [6.45, 7) is 5.51. The standard InChI is InChI=1S/C32H28BrFN2O5S/c1-18(2)41-31(38)28-19(3)35-32-36(29(28)24-16-22(33)11-14-26(24)39-4)30(37)27(42-32)15-21-7-5-6-8-25(21)40-17-20-9-12-23(34)13-10-20/h5-16,18,29H,17H2,1-4H3/b27-15-/t29-/m0/s1. The van der Waals surface area contributed by atoms with Gasteiger partial charge in [0.2, 0.25) is 0 Å². The van der Waals surface area contributed by atoms with Gasteiger partial charge in [0.05, 0.1) is 29.0 Å². The van der Waals surface area contributed by atoms with E-state index in [-0.39, 0.29) is 29.7 Å². The van der Waals surface area contributed by atoms with Gasteiger partial charge in [-0.25, -0.2) is 14.2 Å². The SMILES string of the molecule is COc1ccc(Br)cc1[C@H]1C(C(=O)OC(C)C)=C(C)N=c2s/c(=C\c3ccccc3OCc3ccc(F)cc3)c(=O)n21. The summed E-state index contributed by atoms with van der Waals surface area (Å²) in [6.07, 6.45) is 1.39. The maximum absolute atomic E-state index is 14.1. The van der Waals surface area contributed by atoms with E-state index in [9.17, 15) is 14.0 Å². The number of allylic oxidation sites excluding steroid dienone is 1. The van der Waals surface area contributed by atoms with Gasteiger partial charge >= 0.3 is 5.97 Å². The van der Waals surface area contributed by atoms with Gasteiger partial charge in [-0.2, -0.15) is 0 Å². The van der Waals surface area contributed by atoms with E-state index >= 15 is 0 Å². The Labute approximate surface area is 254 Å². The number of carbonyl (C=O) groups excluding carboxylic acids is 1. The molecule has 4 aromatic rings. The van der Waals surface area contributed by atoms with Crippen LogP contribution in [0.15, 0.2) is 92.3 Å². The van der Waals surface area contributed by atoms with E-state index in [0.717, 1.165) is 10.0 Å². The lowest BCUT2D eigenvalue weighted by Gasteiger charge is -2.26. The van der Waals surface area contributed by atoms with Crippen LogP contribution in [0.1, 0.15) is 43.5 Å². The first kappa shape index (κ1) is 29.5. The molecule has 1 aromatic heterocycles. The predicted molar refractivity (Wildman–Crippen MR) is 163 cm³/mol. The van der Waals surface area contributed by atoms with Crippen molar-refractivity contribution in [1.82, 2.24) is 4.57 Å². The van der Waals surface area contributed by atoms with Crippen molar-refractivity contribution in [3.05, 3.63) is 125 Å². The molecule has 1 atom stereocenters. The molecule has 7 nitrogen and oxygen atoms in total. The van der Waals surface area contributed by atoms with E-state index < -0.39 is 12.0 Å². The summed E-state index contributed by atoms with van der Waals surface area (Å²) in [5.41, 5.74) is 2.53. The lowest BCUT2D eigenvalue weighted by molar-refractivity contribution is -0.143. The molecule has 10 heteroatoms. The predicted octanol–water partition coefficient (Wildman–Crippen LogP) is 5.68. The zero-order valence-corrected chi connectivity index (χ0v) is 25.8. The number of carbonyl (C=O) groups is 1. The zero-order chi connectivity index (χ0) is 30.0. The molecule has 1 aliphatic rings. The number of para-hydroxylation sites is 1. The first-order valence-electron chi connectivity index (χ1n) is 13.2. The van der Waals surface area contributed by atoms with E-state index in [1.54, 1.807) is 52.2 Å². The number of aromatic nitrogens is 1. The fraction of sp³-hybridized carbons (Fsp3) is 0.219. The molecule has 3 aromatic carbocycles. The Bertz CT molecular complexity index is 1860. The number of methoxy groups -OCH3 is 1. The number of hydrogen-bond donors (Lipinski definition) is 0. The number of hydrogen-bond acceptors (Lipinski definition) is 7. The molecule has 1 aliphatic heterocycles. The molecular formula is C32H28BrFN2O5S. The van der Waals surface area contributed by atoms with Crippen LogP contribution in [-0.4, -0.2) is 23.8 Å². The van der Waals surface area contributed by atoms with Crippen LogP contribution in [0, 0.1) is 5.82 Å². The number of benzene rings is 3. The molecule has 0 N–H and O–H groups in total. The van der Waals surface area contributed by atoms with Gasteiger partial charge < -0.3 is 14.2 Å². The summed E-state index contributed by atoms with van der Waals surface area (Å²) >= 11 is 4.74. The fourth-order valence-electron chi connectivity index (χ4n) is 4.69. The molecule has 0 unspecified atom stereocenters. The summed E-state index contributed by atoms with van der Waals surface area (Å²) in [5.74, 6) is 0.216. The van der Waals surface area contributed by atoms with Crippen LogP contribution in [0.4, 0.5) is 4.39 Å². The Kier molecular flexibility index (Phi) is 8.74. The highest BCUT2D eigenvalue weighted by Crippen LogP contribution is 2.37. The van der Waals surface area contributed by atoms with Crippen LogP contribution >= 0.6 is 27.3 Å². The Morgan fingerprint density at radius 1 is 1.12 bits per heavy atom. The molecule has 0 fully saturated rings. The lowest BCUT2D eigenvalue weighted by atomic mass is 9.95. The first-order chi connectivity index (χ1) is 20.2. The third-order valence-corrected chi connectivity index (χ3v) is 8.06. The normalized spacial score (nSPS) is 14.9. The van der Waals surface area contributed by atoms with Crippen molar-refractivity contribution in [1.29, 1.82) is 0 Å². The number of rotatable bonds is 8. The molecule has 0 amide bonds. The maximum Gasteiger partial charge on any atom is 0.338 e. The molecule has 0 radical (unpaired) electrons. The quantitative estimate of drug-likeness (QED) is 0.230. The minimum Gasteiger partial charge on any atom is -0.496 e. The largest absolute Gasteiger partial charge is 0.496 e. The third kappa shape index (κ3) is 6.10. The first-order valence-corrected chi connectivity index (χ1v) is 14.8. The minimum absolute atomic E-state index is 0.232. The molecule has 0 aliphatic carbocycles. The summed E-state index contributed by atoms with van der Waals surface area (Å²) in [5, 5.41) is 0. The molecule has 5 rings (SSSR count). The second-order valence-electron chi connectivity index (χ2n) is 9.88. The summed E-state index contributed by atoms with van der Waals surface area (Å²) in [6, 6.07) is 18.1. The smallest absolute Gasteiger partial charge is 0.338 e. The van der Waals surface area contributed by atoms with Gasteiger partial charge in [-0.05, 0) is 68.8 Å². The van der Waals surface area contributed by atoms with Crippen LogP contribution in [0.2, 0.25) is 0 Å². The minimum atomic E-state index is -0.827. The number of nitrogens with zero attached hydrogens (tertiary/aromatic N) is 2. The molecule has 216 valence electrons. The summed E-state index contributed by atoms with van der Waals surface area (Å²) in [7, 11) is 1.54. The van der Waals surface area contributed by atoms with Crippen LogP contribution in [0.5, 0.6) is 11.5 Å². The van der Waals surface area contributed by atoms with Crippen molar-refractivity contribution >= 4 is 39.3 Å². The van der Waals surface area contributed by atoms with Crippen molar-refractivity contribution in [2.45, 2.75) is 39.5 Å². The Morgan fingerprint density at radius 3 is 2.57 bits per heavy atom. The highest BCUT2D eigenvalue weighted by molar-refractivity contribution is 9.10. The van der Waals surface area contributed by atoms with Gasteiger partial charge in [0.15, 0.2) is 4.80 Å². The van der Waals surface area contributed by atoms with Gasteiger partial charge in [-0.3, -0.25) is 9.36 Å². The van der Waals surface area contributed by atoms with Gasteiger partial charge in [0.1, 0.15) is 30.0 Å². The van der Waals surface area contributed by atoms with E-state index in [1.165, 1.54) is 28.0 Å². The third-order valence-electron chi connectivity index (χ3n) is 6.58. The molecule has 2 heterocycles. The van der Waals surface area contributed by atoms with Gasteiger partial charge in [-0.15, -0.1) is 0 Å². The second-order valence-corrected chi connectivity index (χ2v) is 11.8. The Hall–Kier alpha value is -4.02. The van der Waals surface area contributed by atoms with Crippen molar-refractivity contribution < 1.29 is 23.4 Å². The summed E-state index contributed by atoms with van der Waals surface area (Å²) < 4.78 is 33.3. The molecule has 42 heavy (non-hydrogen) atoms. The second kappa shape index (κ2) is 12.5. The van der Waals surface area contributed by atoms with Gasteiger partial charge in [0.25, 0.3) is 5.56 Å². The highest BCUT2D eigenvalue weighted by atomic mass is 79.9. The number of fused-ring (bicyclic) bond motifs is 1. The maximum atomic E-state index is 14.1. The van der Waals surface area contributed by atoms with Gasteiger partial charge in [-0.1, -0.05) is 57.6 Å². The number of halogens is 2. The van der Waals surface area contributed by atoms with Crippen molar-refractivity contribution in [2.75, 3.05) is 7.11 Å². The Morgan fingerprint density at radius 2 is 1.86 bits per heavy atom. The fourth-order valence-corrected chi connectivity index (χ4v) is 6.10. The highest BCUT2D eigenvalue weighted by Gasteiger charge is 2.35. The average Bonchev–Trinajstić information content (AvgIpc) is 3.26. The number of thiazole rings is 1. The average molecular weight is 652 g/mol. The molecular weight excluding hydrogens is 623 g/mol. The van der Waals surface area contributed by atoms with Crippen molar-refractivity contribution in [3.63, 3.8) is 0 Å². The monoisotopic (exact) mass is 650 g/mol. The van der Waals surface area contributed by atoms with E-state index in [4.69, 9.17) is 14.2 Å². The molecule has 0 saturated carbocycles. The van der Waals surface area contributed by atoms with Crippen molar-refractivity contribution in [2.24, 2.45) is 4.99 Å². The van der Waals surface area contributed by atoms with Gasteiger partial charge in [0, 0.05) is 15.6 Å². The van der Waals surface area contributed by atoms with E-state index in [1.807, 2.05) is 36.4 Å². The number of ether oxygens (including phenoxy) is 3. The van der Waals surface area contributed by atoms with Crippen LogP contribution in [-0.2, 0) is 16.1 Å². The van der Waals surface area contributed by atoms with E-state index in [0.29, 0.717) is 37.7 Å².